The number of fused-ring (bicyclic) bond motifs is 2. The summed E-state index contributed by atoms with van der Waals surface area (Å²) in [6.07, 6.45) is -0.898. The number of imide groups is 1. The number of carbonyl (C=O) groups excluding carboxylic acids is 2. The fraction of sp³-hybridized carbons (Fsp3) is 0.452. The predicted octanol–water partition coefficient (Wildman–Crippen LogP) is 5.52. The van der Waals surface area contributed by atoms with E-state index in [2.05, 4.69) is 15.2 Å². The highest BCUT2D eigenvalue weighted by atomic mass is 19.4. The Kier molecular flexibility index (Phi) is 6.50. The standard InChI is InChI=1S/C31H31F4N3O3/c1-29(2)16-38(25-9-3-17-13-19(31(33,34)35)4-5-20(17)25)12-11-30(29,41)23-7-8-24-22(27(23)32)14-18(15-36-24)21-6-10-26(39)37-28(21)40/h4-5,7-8,13-15,21,25,41H,3,6,9-12,16H2,1-2H3,(H,37,39,40). The van der Waals surface area contributed by atoms with Crippen LogP contribution in [0.5, 0.6) is 0 Å². The van der Waals surface area contributed by atoms with Gasteiger partial charge in [-0.1, -0.05) is 26.0 Å². The number of amides is 2. The second-order valence-corrected chi connectivity index (χ2v) is 12.2. The Morgan fingerprint density at radius 1 is 1.07 bits per heavy atom. The minimum absolute atomic E-state index is 0.0714. The van der Waals surface area contributed by atoms with Gasteiger partial charge in [-0.05, 0) is 66.6 Å². The van der Waals surface area contributed by atoms with Gasteiger partial charge < -0.3 is 5.11 Å². The molecule has 6 rings (SSSR count). The average Bonchev–Trinajstić information content (AvgIpc) is 3.33. The molecule has 2 fully saturated rings. The highest BCUT2D eigenvalue weighted by molar-refractivity contribution is 6.01. The van der Waals surface area contributed by atoms with Gasteiger partial charge >= 0.3 is 6.18 Å². The van der Waals surface area contributed by atoms with Crippen molar-refractivity contribution < 1.29 is 32.3 Å². The van der Waals surface area contributed by atoms with Crippen molar-refractivity contribution >= 4 is 22.7 Å². The number of hydrogen-bond donors (Lipinski definition) is 2. The van der Waals surface area contributed by atoms with Crippen molar-refractivity contribution in [1.82, 2.24) is 15.2 Å². The first-order valence-electron chi connectivity index (χ1n) is 13.9. The summed E-state index contributed by atoms with van der Waals surface area (Å²) in [6.45, 7) is 4.62. The third kappa shape index (κ3) is 4.61. The number of aryl methyl sites for hydroxylation is 1. The van der Waals surface area contributed by atoms with Crippen LogP contribution in [0.15, 0.2) is 42.6 Å². The Morgan fingerprint density at radius 2 is 1.85 bits per heavy atom. The van der Waals surface area contributed by atoms with Gasteiger partial charge in [0.15, 0.2) is 0 Å². The third-order valence-corrected chi connectivity index (χ3v) is 9.34. The van der Waals surface area contributed by atoms with E-state index in [1.807, 2.05) is 13.8 Å². The van der Waals surface area contributed by atoms with Gasteiger partial charge in [-0.15, -0.1) is 0 Å². The summed E-state index contributed by atoms with van der Waals surface area (Å²) >= 11 is 0. The van der Waals surface area contributed by atoms with E-state index in [0.29, 0.717) is 49.0 Å². The van der Waals surface area contributed by atoms with Crippen molar-refractivity contribution in [3.05, 3.63) is 76.2 Å². The zero-order valence-corrected chi connectivity index (χ0v) is 22.8. The molecule has 216 valence electrons. The van der Waals surface area contributed by atoms with Crippen LogP contribution in [0.25, 0.3) is 10.9 Å². The molecule has 0 spiro atoms. The summed E-state index contributed by atoms with van der Waals surface area (Å²) in [5.74, 6) is -1.98. The topological polar surface area (TPSA) is 82.5 Å². The SMILES string of the molecule is CC1(C)CN(C2CCc3cc(C(F)(F)F)ccc32)CCC1(O)c1ccc2ncc(C3CCC(=O)NC3=O)cc2c1F. The molecule has 3 aromatic rings. The van der Waals surface area contributed by atoms with Crippen molar-refractivity contribution in [2.75, 3.05) is 13.1 Å². The number of aromatic nitrogens is 1. The minimum Gasteiger partial charge on any atom is -0.384 e. The first-order valence-corrected chi connectivity index (χ1v) is 13.9. The van der Waals surface area contributed by atoms with Crippen LogP contribution in [0.2, 0.25) is 0 Å². The Labute approximate surface area is 234 Å². The average molecular weight is 570 g/mol. The molecule has 2 aromatic carbocycles. The normalized spacial score (nSPS) is 26.7. The highest BCUT2D eigenvalue weighted by Crippen LogP contribution is 2.50. The number of nitrogens with zero attached hydrogens (tertiary/aromatic N) is 2. The van der Waals surface area contributed by atoms with Gasteiger partial charge in [-0.25, -0.2) is 4.39 Å². The number of aliphatic hydroxyl groups is 1. The van der Waals surface area contributed by atoms with E-state index in [1.165, 1.54) is 12.3 Å². The van der Waals surface area contributed by atoms with Crippen molar-refractivity contribution in [3.8, 4) is 0 Å². The number of carbonyl (C=O) groups is 2. The van der Waals surface area contributed by atoms with Crippen molar-refractivity contribution in [2.24, 2.45) is 5.41 Å². The van der Waals surface area contributed by atoms with Crippen LogP contribution in [0.3, 0.4) is 0 Å². The van der Waals surface area contributed by atoms with E-state index in [1.54, 1.807) is 24.3 Å². The van der Waals surface area contributed by atoms with Crippen molar-refractivity contribution in [3.63, 3.8) is 0 Å². The second kappa shape index (κ2) is 9.59. The van der Waals surface area contributed by atoms with Gasteiger partial charge in [0.25, 0.3) is 0 Å². The van der Waals surface area contributed by atoms with Gasteiger partial charge in [0.2, 0.25) is 11.8 Å². The number of piperidine rings is 2. The number of likely N-dealkylation sites (tertiary alicyclic amines) is 1. The summed E-state index contributed by atoms with van der Waals surface area (Å²) < 4.78 is 55.9. The van der Waals surface area contributed by atoms with Gasteiger partial charge in [0, 0.05) is 48.1 Å². The maximum Gasteiger partial charge on any atom is 0.416 e. The van der Waals surface area contributed by atoms with Crippen molar-refractivity contribution in [1.29, 1.82) is 0 Å². The lowest BCUT2D eigenvalue weighted by Crippen LogP contribution is -2.56. The Bertz CT molecular complexity index is 1570. The molecule has 1 aliphatic carbocycles. The Morgan fingerprint density at radius 3 is 2.56 bits per heavy atom. The van der Waals surface area contributed by atoms with Crippen LogP contribution in [-0.2, 0) is 27.8 Å². The third-order valence-electron chi connectivity index (χ3n) is 9.34. The predicted molar refractivity (Wildman–Crippen MR) is 143 cm³/mol. The fourth-order valence-corrected chi connectivity index (χ4v) is 6.98. The van der Waals surface area contributed by atoms with Gasteiger partial charge in [-0.3, -0.25) is 24.8 Å². The fourth-order valence-electron chi connectivity index (χ4n) is 6.98. The largest absolute Gasteiger partial charge is 0.416 e. The van der Waals surface area contributed by atoms with E-state index in [-0.39, 0.29) is 35.7 Å². The van der Waals surface area contributed by atoms with Gasteiger partial charge in [-0.2, -0.15) is 13.2 Å². The monoisotopic (exact) mass is 569 g/mol. The molecule has 2 amide bonds. The molecule has 0 radical (unpaired) electrons. The Balaban J connectivity index is 1.29. The van der Waals surface area contributed by atoms with Crippen LogP contribution >= 0.6 is 0 Å². The quantitative estimate of drug-likeness (QED) is 0.321. The first kappa shape index (κ1) is 27.8. The van der Waals surface area contributed by atoms with Crippen LogP contribution in [0.1, 0.15) is 79.3 Å². The lowest BCUT2D eigenvalue weighted by Gasteiger charge is -2.52. The zero-order valence-electron chi connectivity index (χ0n) is 22.8. The van der Waals surface area contributed by atoms with E-state index >= 15 is 4.39 Å². The molecule has 41 heavy (non-hydrogen) atoms. The minimum atomic E-state index is -4.39. The zero-order chi connectivity index (χ0) is 29.3. The number of pyridine rings is 1. The maximum atomic E-state index is 16.2. The molecule has 0 saturated carbocycles. The van der Waals surface area contributed by atoms with Crippen LogP contribution in [0, 0.1) is 11.2 Å². The summed E-state index contributed by atoms with van der Waals surface area (Å²) in [7, 11) is 0. The smallest absolute Gasteiger partial charge is 0.384 e. The van der Waals surface area contributed by atoms with E-state index in [0.717, 1.165) is 11.6 Å². The summed E-state index contributed by atoms with van der Waals surface area (Å²) in [6, 6.07) is 8.67. The summed E-state index contributed by atoms with van der Waals surface area (Å²) in [5.41, 5.74) is -0.343. The molecule has 3 unspecified atom stereocenters. The molecule has 3 heterocycles. The second-order valence-electron chi connectivity index (χ2n) is 12.2. The van der Waals surface area contributed by atoms with Crippen LogP contribution < -0.4 is 5.32 Å². The van der Waals surface area contributed by atoms with E-state index < -0.39 is 40.4 Å². The number of alkyl halides is 3. The number of nitrogens with one attached hydrogen (secondary N) is 1. The number of hydrogen-bond acceptors (Lipinski definition) is 5. The molecule has 2 saturated heterocycles. The molecule has 3 atom stereocenters. The van der Waals surface area contributed by atoms with Crippen molar-refractivity contribution in [2.45, 2.75) is 69.7 Å². The van der Waals surface area contributed by atoms with E-state index in [4.69, 9.17) is 0 Å². The highest BCUT2D eigenvalue weighted by Gasteiger charge is 2.51. The molecular formula is C31H31F4N3O3. The molecule has 1 aromatic heterocycles. The molecule has 2 aliphatic heterocycles. The number of halogens is 4. The van der Waals surface area contributed by atoms with Crippen LogP contribution in [-0.4, -0.2) is 39.9 Å². The molecule has 2 N–H and O–H groups in total. The molecule has 6 nitrogen and oxygen atoms in total. The van der Waals surface area contributed by atoms with E-state index in [9.17, 15) is 27.9 Å². The number of rotatable bonds is 3. The van der Waals surface area contributed by atoms with Gasteiger partial charge in [0.05, 0.1) is 22.6 Å². The maximum absolute atomic E-state index is 16.2. The lowest BCUT2D eigenvalue weighted by molar-refractivity contribution is -0.138. The first-order chi connectivity index (χ1) is 19.3. The lowest BCUT2D eigenvalue weighted by atomic mass is 9.66. The molecule has 3 aliphatic rings. The Hall–Kier alpha value is -3.37. The summed E-state index contributed by atoms with van der Waals surface area (Å²) in [5, 5.41) is 14.6. The van der Waals surface area contributed by atoms with Crippen LogP contribution in [0.4, 0.5) is 17.6 Å². The van der Waals surface area contributed by atoms with Gasteiger partial charge in [0.1, 0.15) is 5.82 Å². The molecule has 10 heteroatoms. The number of benzene rings is 2. The molecular weight excluding hydrogens is 538 g/mol. The molecule has 0 bridgehead atoms. The summed E-state index contributed by atoms with van der Waals surface area (Å²) in [4.78, 5) is 30.5.